The Hall–Kier alpha value is -0.490. The van der Waals surface area contributed by atoms with Crippen LogP contribution in [0.15, 0.2) is 28.6 Å². The maximum Gasteiger partial charge on any atom is 0.235 e. The maximum absolute atomic E-state index is 11.8. The molecule has 1 aromatic carbocycles. The van der Waals surface area contributed by atoms with Crippen molar-refractivity contribution in [3.63, 3.8) is 0 Å². The van der Waals surface area contributed by atoms with Crippen LogP contribution < -0.4 is 0 Å². The molecule has 7 heteroatoms. The van der Waals surface area contributed by atoms with Gasteiger partial charge in [0.05, 0.1) is 16.6 Å². The van der Waals surface area contributed by atoms with Gasteiger partial charge in [0, 0.05) is 5.02 Å². The summed E-state index contributed by atoms with van der Waals surface area (Å²) in [6, 6.07) is 7.20. The predicted octanol–water partition coefficient (Wildman–Crippen LogP) is 3.15. The molecule has 16 heavy (non-hydrogen) atoms. The van der Waals surface area contributed by atoms with Gasteiger partial charge in [0.25, 0.3) is 0 Å². The van der Waals surface area contributed by atoms with Crippen LogP contribution in [0.4, 0.5) is 0 Å². The number of rotatable bonds is 3. The minimum absolute atomic E-state index is 0.143. The smallest absolute Gasteiger partial charge is 0.235 e. The fraction of sp³-hybridized carbons (Fsp3) is 0.111. The van der Waals surface area contributed by atoms with Gasteiger partial charge in [-0.3, -0.25) is 4.21 Å². The molecular weight excluding hydrogens is 287 g/mol. The van der Waals surface area contributed by atoms with Crippen LogP contribution >= 0.6 is 34.7 Å². The monoisotopic (exact) mass is 292 g/mol. The molecule has 0 aliphatic heterocycles. The van der Waals surface area contributed by atoms with E-state index in [-0.39, 0.29) is 5.28 Å². The van der Waals surface area contributed by atoms with Crippen molar-refractivity contribution in [3.8, 4) is 0 Å². The van der Waals surface area contributed by atoms with Crippen LogP contribution in [-0.2, 0) is 16.6 Å². The molecule has 0 radical (unpaired) electrons. The minimum atomic E-state index is -1.20. The van der Waals surface area contributed by atoms with Gasteiger partial charge < -0.3 is 0 Å². The summed E-state index contributed by atoms with van der Waals surface area (Å²) in [7, 11) is -1.20. The Morgan fingerprint density at radius 1 is 1.25 bits per heavy atom. The van der Waals surface area contributed by atoms with Crippen molar-refractivity contribution in [2.45, 2.75) is 10.1 Å². The van der Waals surface area contributed by atoms with E-state index in [0.29, 0.717) is 15.1 Å². The van der Waals surface area contributed by atoms with Crippen LogP contribution in [0.1, 0.15) is 5.56 Å². The molecule has 1 heterocycles. The number of hydrogen-bond acceptors (Lipinski definition) is 4. The minimum Gasteiger partial charge on any atom is -0.251 e. The van der Waals surface area contributed by atoms with Gasteiger partial charge in [-0.25, -0.2) is 0 Å². The Bertz CT molecular complexity index is 512. The highest BCUT2D eigenvalue weighted by molar-refractivity contribution is 7.86. The number of hydrogen-bond donors (Lipinski definition) is 0. The van der Waals surface area contributed by atoms with Gasteiger partial charge in [-0.15, -0.1) is 0 Å². The summed E-state index contributed by atoms with van der Waals surface area (Å²) in [5.74, 6) is 0.392. The SMILES string of the molecule is O=[S@](Cc1ccc(Cl)cc1)c1nc(Cl)ns1. The van der Waals surface area contributed by atoms with Crippen LogP contribution in [0.2, 0.25) is 10.3 Å². The van der Waals surface area contributed by atoms with E-state index in [9.17, 15) is 4.21 Å². The molecular formula is C9H6Cl2N2OS2. The molecule has 0 unspecified atom stereocenters. The molecule has 0 N–H and O–H groups in total. The molecule has 0 spiro atoms. The molecule has 3 nitrogen and oxygen atoms in total. The number of benzene rings is 1. The Balaban J connectivity index is 2.10. The lowest BCUT2D eigenvalue weighted by atomic mass is 10.2. The van der Waals surface area contributed by atoms with E-state index in [1.165, 1.54) is 0 Å². The summed E-state index contributed by atoms with van der Waals surface area (Å²) in [5.41, 5.74) is 0.939. The van der Waals surface area contributed by atoms with Crippen molar-refractivity contribution < 1.29 is 4.21 Å². The summed E-state index contributed by atoms with van der Waals surface area (Å²) in [4.78, 5) is 3.87. The van der Waals surface area contributed by atoms with E-state index in [1.807, 2.05) is 12.1 Å². The zero-order chi connectivity index (χ0) is 11.5. The average molecular weight is 293 g/mol. The molecule has 2 rings (SSSR count). The Morgan fingerprint density at radius 3 is 2.50 bits per heavy atom. The molecule has 1 atom stereocenters. The average Bonchev–Trinajstić information content (AvgIpc) is 2.68. The fourth-order valence-corrected chi connectivity index (χ4v) is 3.24. The summed E-state index contributed by atoms with van der Waals surface area (Å²) in [6.07, 6.45) is 0. The lowest BCUT2D eigenvalue weighted by Crippen LogP contribution is -1.95. The standard InChI is InChI=1S/C9H6Cl2N2OS2/c10-7-3-1-6(2-4-7)5-16(14)9-12-8(11)13-15-9/h1-4H,5H2/t16-/m1/s1. The van der Waals surface area contributed by atoms with Crippen LogP contribution in [0.3, 0.4) is 0 Å². The third-order valence-corrected chi connectivity index (χ3v) is 4.68. The van der Waals surface area contributed by atoms with E-state index in [0.717, 1.165) is 17.1 Å². The Kier molecular flexibility index (Phi) is 3.91. The molecule has 0 amide bonds. The van der Waals surface area contributed by atoms with Crippen molar-refractivity contribution in [2.75, 3.05) is 0 Å². The highest BCUT2D eigenvalue weighted by Crippen LogP contribution is 2.17. The largest absolute Gasteiger partial charge is 0.251 e. The molecule has 0 saturated carbocycles. The second-order valence-electron chi connectivity index (χ2n) is 2.95. The number of aromatic nitrogens is 2. The van der Waals surface area contributed by atoms with Crippen LogP contribution in [-0.4, -0.2) is 13.6 Å². The zero-order valence-electron chi connectivity index (χ0n) is 7.89. The van der Waals surface area contributed by atoms with Gasteiger partial charge in [-0.2, -0.15) is 9.36 Å². The van der Waals surface area contributed by atoms with Crippen molar-refractivity contribution in [1.29, 1.82) is 0 Å². The van der Waals surface area contributed by atoms with Gasteiger partial charge in [0.2, 0.25) is 9.62 Å². The lowest BCUT2D eigenvalue weighted by Gasteiger charge is -1.98. The van der Waals surface area contributed by atoms with Crippen molar-refractivity contribution in [3.05, 3.63) is 40.1 Å². The van der Waals surface area contributed by atoms with Gasteiger partial charge in [-0.05, 0) is 40.8 Å². The van der Waals surface area contributed by atoms with E-state index in [2.05, 4.69) is 9.36 Å². The van der Waals surface area contributed by atoms with Gasteiger partial charge >= 0.3 is 0 Å². The first-order chi connectivity index (χ1) is 7.65. The molecule has 0 bridgehead atoms. The second kappa shape index (κ2) is 5.23. The molecule has 0 aliphatic carbocycles. The second-order valence-corrected chi connectivity index (χ2v) is 6.10. The summed E-state index contributed by atoms with van der Waals surface area (Å²) in [6.45, 7) is 0. The lowest BCUT2D eigenvalue weighted by molar-refractivity contribution is 0.682. The summed E-state index contributed by atoms with van der Waals surface area (Å²) >= 11 is 12.4. The van der Waals surface area contributed by atoms with E-state index >= 15 is 0 Å². The Morgan fingerprint density at radius 2 is 1.94 bits per heavy atom. The van der Waals surface area contributed by atoms with Crippen molar-refractivity contribution >= 4 is 45.5 Å². The zero-order valence-corrected chi connectivity index (χ0v) is 11.0. The third-order valence-electron chi connectivity index (χ3n) is 1.79. The highest BCUT2D eigenvalue weighted by Gasteiger charge is 2.10. The normalized spacial score (nSPS) is 12.6. The quantitative estimate of drug-likeness (QED) is 0.873. The third kappa shape index (κ3) is 3.01. The maximum atomic E-state index is 11.8. The highest BCUT2D eigenvalue weighted by atomic mass is 35.5. The number of nitrogens with zero attached hydrogens (tertiary/aromatic N) is 2. The first kappa shape index (κ1) is 12.0. The Labute approximate surface area is 109 Å². The van der Waals surface area contributed by atoms with Gasteiger partial charge in [0.15, 0.2) is 0 Å². The molecule has 0 aliphatic rings. The van der Waals surface area contributed by atoms with Crippen molar-refractivity contribution in [2.24, 2.45) is 0 Å². The predicted molar refractivity (Wildman–Crippen MR) is 66.5 cm³/mol. The van der Waals surface area contributed by atoms with E-state index in [4.69, 9.17) is 23.2 Å². The van der Waals surface area contributed by atoms with Gasteiger partial charge in [-0.1, -0.05) is 23.7 Å². The summed E-state index contributed by atoms with van der Waals surface area (Å²) < 4.78 is 16.1. The molecule has 0 saturated heterocycles. The topological polar surface area (TPSA) is 42.9 Å². The first-order valence-corrected chi connectivity index (χ1v) is 7.12. The fourth-order valence-electron chi connectivity index (χ4n) is 1.08. The van der Waals surface area contributed by atoms with Crippen LogP contribution in [0, 0.1) is 0 Å². The molecule has 0 fully saturated rings. The molecule has 84 valence electrons. The van der Waals surface area contributed by atoms with Crippen LogP contribution in [0.5, 0.6) is 0 Å². The van der Waals surface area contributed by atoms with Crippen LogP contribution in [0.25, 0.3) is 0 Å². The van der Waals surface area contributed by atoms with Crippen molar-refractivity contribution in [1.82, 2.24) is 9.36 Å². The summed E-state index contributed by atoms with van der Waals surface area (Å²) in [5, 5.41) is 0.804. The number of halogens is 2. The first-order valence-electron chi connectivity index (χ1n) is 4.27. The van der Waals surface area contributed by atoms with E-state index < -0.39 is 10.8 Å². The molecule has 2 aromatic rings. The molecule has 1 aromatic heterocycles. The van der Waals surface area contributed by atoms with E-state index in [1.54, 1.807) is 12.1 Å². The van der Waals surface area contributed by atoms with Gasteiger partial charge in [0.1, 0.15) is 0 Å².